The summed E-state index contributed by atoms with van der Waals surface area (Å²) in [6, 6.07) is 2.12. The van der Waals surface area contributed by atoms with Gasteiger partial charge in [0, 0.05) is 24.6 Å². The van der Waals surface area contributed by atoms with Crippen molar-refractivity contribution in [3.63, 3.8) is 0 Å². The van der Waals surface area contributed by atoms with E-state index in [1.807, 2.05) is 16.8 Å². The van der Waals surface area contributed by atoms with Crippen LogP contribution in [0.15, 0.2) is 29.5 Å². The van der Waals surface area contributed by atoms with Crippen molar-refractivity contribution in [2.45, 2.75) is 19.9 Å². The SMILES string of the molecule is CC(C)n1ccc2c(=O)n3cc[nH]c3nc21. The summed E-state index contributed by atoms with van der Waals surface area (Å²) >= 11 is 0. The summed E-state index contributed by atoms with van der Waals surface area (Å²) in [6.45, 7) is 4.13. The molecule has 0 atom stereocenters. The smallest absolute Gasteiger partial charge is 0.268 e. The molecule has 5 heteroatoms. The van der Waals surface area contributed by atoms with Crippen LogP contribution in [0.3, 0.4) is 0 Å². The highest BCUT2D eigenvalue weighted by atomic mass is 16.1. The van der Waals surface area contributed by atoms with Gasteiger partial charge in [-0.3, -0.25) is 9.20 Å². The monoisotopic (exact) mass is 216 g/mol. The largest absolute Gasteiger partial charge is 0.330 e. The van der Waals surface area contributed by atoms with Gasteiger partial charge in [-0.05, 0) is 19.9 Å². The Kier molecular flexibility index (Phi) is 1.71. The fraction of sp³-hybridized carbons (Fsp3) is 0.273. The Bertz CT molecular complexity index is 716. The van der Waals surface area contributed by atoms with Crippen LogP contribution in [0.4, 0.5) is 0 Å². The molecule has 0 aliphatic rings. The summed E-state index contributed by atoms with van der Waals surface area (Å²) in [5.74, 6) is 0.582. The summed E-state index contributed by atoms with van der Waals surface area (Å²) in [5, 5.41) is 0.658. The number of hydrogen-bond acceptors (Lipinski definition) is 2. The number of hydrogen-bond donors (Lipinski definition) is 1. The molecular weight excluding hydrogens is 204 g/mol. The predicted molar refractivity (Wildman–Crippen MR) is 61.7 cm³/mol. The molecular formula is C11H12N4O. The van der Waals surface area contributed by atoms with Crippen LogP contribution in [-0.4, -0.2) is 18.9 Å². The Morgan fingerprint density at radius 2 is 2.19 bits per heavy atom. The first-order valence-corrected chi connectivity index (χ1v) is 5.25. The molecule has 0 fully saturated rings. The molecule has 0 aliphatic heterocycles. The van der Waals surface area contributed by atoms with Crippen LogP contribution in [0, 0.1) is 0 Å². The van der Waals surface area contributed by atoms with Gasteiger partial charge in [0.25, 0.3) is 5.56 Å². The third kappa shape index (κ3) is 1.05. The van der Waals surface area contributed by atoms with Gasteiger partial charge in [0.2, 0.25) is 5.78 Å². The van der Waals surface area contributed by atoms with Gasteiger partial charge in [-0.1, -0.05) is 0 Å². The number of rotatable bonds is 1. The molecule has 0 spiro atoms. The van der Waals surface area contributed by atoms with Crippen molar-refractivity contribution in [1.82, 2.24) is 18.9 Å². The maximum absolute atomic E-state index is 12.1. The average molecular weight is 216 g/mol. The van der Waals surface area contributed by atoms with Crippen LogP contribution in [0.5, 0.6) is 0 Å². The predicted octanol–water partition coefficient (Wildman–Crippen LogP) is 1.56. The molecule has 82 valence electrons. The second-order valence-electron chi connectivity index (χ2n) is 4.12. The highest BCUT2D eigenvalue weighted by molar-refractivity contribution is 5.76. The van der Waals surface area contributed by atoms with Crippen molar-refractivity contribution in [1.29, 1.82) is 0 Å². The van der Waals surface area contributed by atoms with Gasteiger partial charge in [-0.25, -0.2) is 0 Å². The average Bonchev–Trinajstić information content (AvgIpc) is 2.83. The lowest BCUT2D eigenvalue weighted by atomic mass is 10.4. The van der Waals surface area contributed by atoms with Gasteiger partial charge < -0.3 is 9.55 Å². The number of fused-ring (bicyclic) bond motifs is 2. The lowest BCUT2D eigenvalue weighted by molar-refractivity contribution is 0.618. The molecule has 0 aromatic carbocycles. The van der Waals surface area contributed by atoms with E-state index in [2.05, 4.69) is 23.8 Å². The van der Waals surface area contributed by atoms with E-state index in [1.54, 1.807) is 12.4 Å². The molecule has 16 heavy (non-hydrogen) atoms. The number of H-pyrrole nitrogens is 1. The molecule has 0 bridgehead atoms. The van der Waals surface area contributed by atoms with Crippen LogP contribution in [0.25, 0.3) is 16.8 Å². The van der Waals surface area contributed by atoms with Crippen molar-refractivity contribution in [2.75, 3.05) is 0 Å². The third-order valence-corrected chi connectivity index (χ3v) is 2.77. The summed E-state index contributed by atoms with van der Waals surface area (Å²) < 4.78 is 3.52. The van der Waals surface area contributed by atoms with E-state index >= 15 is 0 Å². The first kappa shape index (κ1) is 9.21. The molecule has 0 saturated heterocycles. The molecule has 0 aliphatic carbocycles. The van der Waals surface area contributed by atoms with Crippen molar-refractivity contribution < 1.29 is 0 Å². The molecule has 0 unspecified atom stereocenters. The van der Waals surface area contributed by atoms with Crippen LogP contribution in [-0.2, 0) is 0 Å². The minimum absolute atomic E-state index is 0.0272. The molecule has 0 amide bonds. The number of nitrogens with one attached hydrogen (secondary N) is 1. The van der Waals surface area contributed by atoms with Crippen LogP contribution < -0.4 is 5.56 Å². The Morgan fingerprint density at radius 1 is 1.38 bits per heavy atom. The number of nitrogens with zero attached hydrogens (tertiary/aromatic N) is 3. The van der Waals surface area contributed by atoms with E-state index in [1.165, 1.54) is 4.40 Å². The fourth-order valence-electron chi connectivity index (χ4n) is 1.95. The summed E-state index contributed by atoms with van der Waals surface area (Å²) in [5.41, 5.74) is 0.711. The molecule has 3 heterocycles. The molecule has 3 aromatic heterocycles. The Hall–Kier alpha value is -2.04. The van der Waals surface area contributed by atoms with Gasteiger partial charge >= 0.3 is 0 Å². The zero-order valence-electron chi connectivity index (χ0n) is 9.14. The molecule has 3 rings (SSSR count). The maximum Gasteiger partial charge on any atom is 0.268 e. The van der Waals surface area contributed by atoms with Crippen molar-refractivity contribution in [2.24, 2.45) is 0 Å². The maximum atomic E-state index is 12.1. The van der Waals surface area contributed by atoms with Crippen molar-refractivity contribution in [3.05, 3.63) is 35.0 Å². The topological polar surface area (TPSA) is 55.1 Å². The second kappa shape index (κ2) is 2.98. The van der Waals surface area contributed by atoms with Crippen LogP contribution >= 0.6 is 0 Å². The van der Waals surface area contributed by atoms with Crippen LogP contribution in [0.1, 0.15) is 19.9 Å². The van der Waals surface area contributed by atoms with Gasteiger partial charge in [0.1, 0.15) is 5.65 Å². The van der Waals surface area contributed by atoms with E-state index in [9.17, 15) is 4.79 Å². The minimum atomic E-state index is -0.0272. The molecule has 3 aromatic rings. The van der Waals surface area contributed by atoms with E-state index in [-0.39, 0.29) is 5.56 Å². The number of aromatic nitrogens is 4. The second-order valence-corrected chi connectivity index (χ2v) is 4.12. The van der Waals surface area contributed by atoms with E-state index in [0.717, 1.165) is 5.65 Å². The first-order valence-electron chi connectivity index (χ1n) is 5.25. The highest BCUT2D eigenvalue weighted by Crippen LogP contribution is 2.15. The van der Waals surface area contributed by atoms with Crippen molar-refractivity contribution in [3.8, 4) is 0 Å². The van der Waals surface area contributed by atoms with Crippen LogP contribution in [0.2, 0.25) is 0 Å². The van der Waals surface area contributed by atoms with Gasteiger partial charge in [-0.2, -0.15) is 4.98 Å². The molecule has 5 nitrogen and oxygen atoms in total. The first-order chi connectivity index (χ1) is 7.68. The van der Waals surface area contributed by atoms with E-state index in [4.69, 9.17) is 0 Å². The number of imidazole rings is 1. The summed E-state index contributed by atoms with van der Waals surface area (Å²) in [6.07, 6.45) is 5.31. The summed E-state index contributed by atoms with van der Waals surface area (Å²) in [7, 11) is 0. The zero-order chi connectivity index (χ0) is 11.3. The standard InChI is InChI=1S/C11H12N4O/c1-7(2)14-5-3-8-9(14)13-11-12-4-6-15(11)10(8)16/h3-7H,1-2H3,(H,12,13). The zero-order valence-corrected chi connectivity index (χ0v) is 9.14. The Morgan fingerprint density at radius 3 is 2.94 bits per heavy atom. The van der Waals surface area contributed by atoms with E-state index < -0.39 is 0 Å². The quantitative estimate of drug-likeness (QED) is 0.671. The highest BCUT2D eigenvalue weighted by Gasteiger charge is 2.11. The molecule has 0 saturated carbocycles. The Balaban J connectivity index is 2.53. The molecule has 1 N–H and O–H groups in total. The lowest BCUT2D eigenvalue weighted by Crippen LogP contribution is -2.13. The molecule has 0 radical (unpaired) electrons. The normalized spacial score (nSPS) is 11.9. The minimum Gasteiger partial charge on any atom is -0.330 e. The van der Waals surface area contributed by atoms with Gasteiger partial charge in [0.15, 0.2) is 0 Å². The van der Waals surface area contributed by atoms with Gasteiger partial charge in [-0.15, -0.1) is 0 Å². The third-order valence-electron chi connectivity index (χ3n) is 2.77. The fourth-order valence-corrected chi connectivity index (χ4v) is 1.95. The van der Waals surface area contributed by atoms with E-state index in [0.29, 0.717) is 17.2 Å². The number of aromatic amines is 1. The van der Waals surface area contributed by atoms with Gasteiger partial charge in [0.05, 0.1) is 5.39 Å². The lowest BCUT2D eigenvalue weighted by Gasteiger charge is -2.07. The Labute approximate surface area is 91.3 Å². The summed E-state index contributed by atoms with van der Waals surface area (Å²) in [4.78, 5) is 19.5. The van der Waals surface area contributed by atoms with Crippen molar-refractivity contribution >= 4 is 16.8 Å².